The van der Waals surface area contributed by atoms with Gasteiger partial charge in [-0.2, -0.15) is 0 Å². The monoisotopic (exact) mass is 364 g/mol. The van der Waals surface area contributed by atoms with Crippen LogP contribution in [-0.4, -0.2) is 32.5 Å². The molecule has 5 heteroatoms. The van der Waals surface area contributed by atoms with Crippen molar-refractivity contribution < 1.29 is 4.39 Å². The molecule has 3 aromatic rings. The predicted molar refractivity (Wildman–Crippen MR) is 104 cm³/mol. The van der Waals surface area contributed by atoms with E-state index in [2.05, 4.69) is 33.5 Å². The molecule has 4 rings (SSSR count). The van der Waals surface area contributed by atoms with E-state index in [-0.39, 0.29) is 5.82 Å². The van der Waals surface area contributed by atoms with Crippen molar-refractivity contribution in [3.8, 4) is 5.82 Å². The molecule has 1 saturated heterocycles. The standard InChI is InChI=1S/C22H25FN4/c1-2-21-24-12-14-27(21)22-7-3-6-20(25-22)18-5-4-13-26(16-18)15-17-8-10-19(23)11-9-17/h3,6-12,14,18H,2,4-5,13,15-16H2,1H3/t18-/m0/s1. The molecule has 0 amide bonds. The van der Waals surface area contributed by atoms with E-state index in [4.69, 9.17) is 4.98 Å². The van der Waals surface area contributed by atoms with Crippen LogP contribution >= 0.6 is 0 Å². The van der Waals surface area contributed by atoms with Gasteiger partial charge in [-0.25, -0.2) is 14.4 Å². The van der Waals surface area contributed by atoms with Crippen molar-refractivity contribution in [3.05, 3.63) is 77.8 Å². The third kappa shape index (κ3) is 4.08. The van der Waals surface area contributed by atoms with Crippen LogP contribution in [0, 0.1) is 5.82 Å². The maximum atomic E-state index is 13.1. The molecule has 4 nitrogen and oxygen atoms in total. The molecule has 2 aromatic heterocycles. The van der Waals surface area contributed by atoms with Crippen molar-refractivity contribution in [1.29, 1.82) is 0 Å². The third-order valence-electron chi connectivity index (χ3n) is 5.28. The predicted octanol–water partition coefficient (Wildman–Crippen LogP) is 4.35. The maximum Gasteiger partial charge on any atom is 0.138 e. The summed E-state index contributed by atoms with van der Waals surface area (Å²) < 4.78 is 15.2. The molecule has 27 heavy (non-hydrogen) atoms. The number of aromatic nitrogens is 3. The second kappa shape index (κ2) is 8.01. The van der Waals surface area contributed by atoms with E-state index in [0.29, 0.717) is 5.92 Å². The molecule has 1 aliphatic rings. The number of imidazole rings is 1. The van der Waals surface area contributed by atoms with Crippen molar-refractivity contribution in [1.82, 2.24) is 19.4 Å². The van der Waals surface area contributed by atoms with E-state index in [9.17, 15) is 4.39 Å². The van der Waals surface area contributed by atoms with Crippen LogP contribution in [0.15, 0.2) is 54.9 Å². The molecule has 140 valence electrons. The maximum absolute atomic E-state index is 13.1. The van der Waals surface area contributed by atoms with Gasteiger partial charge in [0.1, 0.15) is 17.5 Å². The van der Waals surface area contributed by atoms with Gasteiger partial charge in [-0.1, -0.05) is 25.1 Å². The molecular formula is C22H25FN4. The van der Waals surface area contributed by atoms with E-state index in [1.54, 1.807) is 0 Å². The number of halogens is 1. The van der Waals surface area contributed by atoms with Gasteiger partial charge in [-0.15, -0.1) is 0 Å². The number of rotatable bonds is 5. The van der Waals surface area contributed by atoms with Gasteiger partial charge in [0.25, 0.3) is 0 Å². The zero-order valence-corrected chi connectivity index (χ0v) is 15.7. The Hall–Kier alpha value is -2.53. The van der Waals surface area contributed by atoms with Gasteiger partial charge in [-0.3, -0.25) is 9.47 Å². The summed E-state index contributed by atoms with van der Waals surface area (Å²) in [6, 6.07) is 13.1. The van der Waals surface area contributed by atoms with Gasteiger partial charge in [0.2, 0.25) is 0 Å². The summed E-state index contributed by atoms with van der Waals surface area (Å²) in [5.41, 5.74) is 2.30. The molecular weight excluding hydrogens is 339 g/mol. The van der Waals surface area contributed by atoms with Crippen LogP contribution in [-0.2, 0) is 13.0 Å². The SMILES string of the molecule is CCc1nccn1-c1cccc([C@H]2CCCN(Cc3ccc(F)cc3)C2)n1. The lowest BCUT2D eigenvalue weighted by molar-refractivity contribution is 0.198. The smallest absolute Gasteiger partial charge is 0.138 e. The Kier molecular flexibility index (Phi) is 5.30. The molecule has 0 bridgehead atoms. The van der Waals surface area contributed by atoms with Crippen LogP contribution in [0.3, 0.4) is 0 Å². The Morgan fingerprint density at radius 1 is 1.15 bits per heavy atom. The van der Waals surface area contributed by atoms with Crippen molar-refractivity contribution in [2.45, 2.75) is 38.6 Å². The van der Waals surface area contributed by atoms with Crippen LogP contribution in [0.2, 0.25) is 0 Å². The molecule has 0 spiro atoms. The Bertz CT molecular complexity index is 887. The van der Waals surface area contributed by atoms with Crippen LogP contribution in [0.25, 0.3) is 5.82 Å². The van der Waals surface area contributed by atoms with Crippen molar-refractivity contribution in [2.24, 2.45) is 0 Å². The quantitative estimate of drug-likeness (QED) is 0.675. The zero-order valence-electron chi connectivity index (χ0n) is 15.7. The molecule has 0 aliphatic carbocycles. The highest BCUT2D eigenvalue weighted by atomic mass is 19.1. The van der Waals surface area contributed by atoms with Gasteiger partial charge in [0, 0.05) is 43.5 Å². The molecule has 1 atom stereocenters. The van der Waals surface area contributed by atoms with Gasteiger partial charge < -0.3 is 0 Å². The van der Waals surface area contributed by atoms with Crippen LogP contribution < -0.4 is 0 Å². The number of piperidine rings is 1. The average Bonchev–Trinajstić information content (AvgIpc) is 3.19. The first kappa shape index (κ1) is 17.9. The average molecular weight is 364 g/mol. The highest BCUT2D eigenvalue weighted by Crippen LogP contribution is 2.27. The second-order valence-corrected chi connectivity index (χ2v) is 7.19. The first-order valence-electron chi connectivity index (χ1n) is 9.69. The number of aryl methyl sites for hydroxylation is 1. The summed E-state index contributed by atoms with van der Waals surface area (Å²) in [7, 11) is 0. The highest BCUT2D eigenvalue weighted by molar-refractivity contribution is 5.28. The first-order chi connectivity index (χ1) is 13.2. The Morgan fingerprint density at radius 3 is 2.81 bits per heavy atom. The molecule has 0 N–H and O–H groups in total. The molecule has 1 aromatic carbocycles. The minimum absolute atomic E-state index is 0.178. The number of pyridine rings is 1. The Morgan fingerprint density at radius 2 is 2.00 bits per heavy atom. The number of likely N-dealkylation sites (tertiary alicyclic amines) is 1. The summed E-state index contributed by atoms with van der Waals surface area (Å²) in [5.74, 6) is 2.22. The molecule has 3 heterocycles. The molecule has 0 unspecified atom stereocenters. The Labute approximate surface area is 159 Å². The minimum atomic E-state index is -0.178. The van der Waals surface area contributed by atoms with Crippen molar-refractivity contribution in [2.75, 3.05) is 13.1 Å². The summed E-state index contributed by atoms with van der Waals surface area (Å²) in [6.07, 6.45) is 7.00. The second-order valence-electron chi connectivity index (χ2n) is 7.19. The number of hydrogen-bond acceptors (Lipinski definition) is 3. The summed E-state index contributed by atoms with van der Waals surface area (Å²) in [4.78, 5) is 11.8. The summed E-state index contributed by atoms with van der Waals surface area (Å²) in [5, 5.41) is 0. The van der Waals surface area contributed by atoms with E-state index in [1.807, 2.05) is 30.6 Å². The molecule has 0 radical (unpaired) electrons. The van der Waals surface area contributed by atoms with E-state index >= 15 is 0 Å². The topological polar surface area (TPSA) is 34.0 Å². The first-order valence-corrected chi connectivity index (χ1v) is 9.69. The van der Waals surface area contributed by atoms with Gasteiger partial charge in [-0.05, 0) is 49.2 Å². The molecule has 1 aliphatic heterocycles. The van der Waals surface area contributed by atoms with E-state index in [1.165, 1.54) is 12.1 Å². The lowest BCUT2D eigenvalue weighted by Crippen LogP contribution is -2.34. The molecule has 0 saturated carbocycles. The lowest BCUT2D eigenvalue weighted by atomic mass is 9.94. The normalized spacial score (nSPS) is 17.9. The number of benzene rings is 1. The Balaban J connectivity index is 1.49. The van der Waals surface area contributed by atoms with Crippen molar-refractivity contribution >= 4 is 0 Å². The third-order valence-corrected chi connectivity index (χ3v) is 5.28. The zero-order chi connectivity index (χ0) is 18.6. The van der Waals surface area contributed by atoms with Gasteiger partial charge >= 0.3 is 0 Å². The fourth-order valence-electron chi connectivity index (χ4n) is 3.89. The van der Waals surface area contributed by atoms with Crippen LogP contribution in [0.1, 0.15) is 42.8 Å². The van der Waals surface area contributed by atoms with E-state index in [0.717, 1.165) is 61.8 Å². The van der Waals surface area contributed by atoms with Crippen LogP contribution in [0.4, 0.5) is 4.39 Å². The lowest BCUT2D eigenvalue weighted by Gasteiger charge is -2.32. The molecule has 1 fully saturated rings. The fourth-order valence-corrected chi connectivity index (χ4v) is 3.89. The van der Waals surface area contributed by atoms with Crippen LogP contribution in [0.5, 0.6) is 0 Å². The summed E-state index contributed by atoms with van der Waals surface area (Å²) >= 11 is 0. The van der Waals surface area contributed by atoms with E-state index < -0.39 is 0 Å². The fraction of sp³-hybridized carbons (Fsp3) is 0.364. The number of nitrogens with zero attached hydrogens (tertiary/aromatic N) is 4. The highest BCUT2D eigenvalue weighted by Gasteiger charge is 2.23. The van der Waals surface area contributed by atoms with Gasteiger partial charge in [0.15, 0.2) is 0 Å². The number of hydrogen-bond donors (Lipinski definition) is 0. The summed E-state index contributed by atoms with van der Waals surface area (Å²) in [6.45, 7) is 5.03. The minimum Gasteiger partial charge on any atom is -0.298 e. The van der Waals surface area contributed by atoms with Crippen molar-refractivity contribution in [3.63, 3.8) is 0 Å². The largest absolute Gasteiger partial charge is 0.298 e. The van der Waals surface area contributed by atoms with Gasteiger partial charge in [0.05, 0.1) is 0 Å².